The molecule has 0 saturated carbocycles. The van der Waals surface area contributed by atoms with Crippen LogP contribution < -0.4 is 9.83 Å². The molecule has 2 heterocycles. The molecular weight excluding hydrogens is 991 g/mol. The van der Waals surface area contributed by atoms with Crippen LogP contribution >= 0.6 is 15.0 Å². The molecule has 0 bridgehead atoms. The summed E-state index contributed by atoms with van der Waals surface area (Å²) in [5, 5.41) is 59.5. The number of aromatic hydroxyl groups is 6. The van der Waals surface area contributed by atoms with Crippen LogP contribution in [-0.2, 0) is 19.7 Å². The summed E-state index contributed by atoms with van der Waals surface area (Å²) in [6.07, 6.45) is 0. The van der Waals surface area contributed by atoms with Gasteiger partial charge in [-0.3, -0.25) is 4.57 Å². The number of benzene rings is 10. The normalized spacial score (nSPS) is 13.7. The van der Waals surface area contributed by atoms with Crippen LogP contribution in [0.15, 0.2) is 253 Å². The minimum Gasteiger partial charge on any atom is -0.508 e. The van der Waals surface area contributed by atoms with E-state index in [4.69, 9.17) is 13.8 Å². The van der Waals surface area contributed by atoms with Gasteiger partial charge in [-0.2, -0.15) is 0 Å². The summed E-state index contributed by atoms with van der Waals surface area (Å²) in [5.41, 5.74) is 6.53. The number of rotatable bonds is 6. The van der Waals surface area contributed by atoms with Crippen molar-refractivity contribution in [2.24, 2.45) is 0 Å². The number of fused-ring (bicyclic) bond motifs is 6. The van der Waals surface area contributed by atoms with Gasteiger partial charge in [-0.15, -0.1) is 0 Å². The molecule has 0 fully saturated rings. The van der Waals surface area contributed by atoms with E-state index in [1.807, 2.05) is 146 Å². The van der Waals surface area contributed by atoms with Crippen LogP contribution in [0.25, 0.3) is 32.6 Å². The molecule has 11 aromatic rings. The van der Waals surface area contributed by atoms with Crippen LogP contribution in [0.3, 0.4) is 0 Å². The molecule has 76 heavy (non-hydrogen) atoms. The van der Waals surface area contributed by atoms with Gasteiger partial charge in [0.05, 0.1) is 5.30 Å². The van der Waals surface area contributed by atoms with Crippen LogP contribution in [0.4, 0.5) is 0 Å². The predicted molar refractivity (Wildman–Crippen MR) is 302 cm³/mol. The van der Waals surface area contributed by atoms with E-state index in [9.17, 15) is 30.1 Å². The molecule has 0 aliphatic carbocycles. The third-order valence-electron chi connectivity index (χ3n) is 13.6. The quantitative estimate of drug-likeness (QED) is 0.0533. The summed E-state index contributed by atoms with van der Waals surface area (Å²) in [6, 6.07) is 74.0. The second-order valence-electron chi connectivity index (χ2n) is 18.3. The van der Waals surface area contributed by atoms with Crippen molar-refractivity contribution in [1.29, 1.82) is 0 Å². The third kappa shape index (κ3) is 10.5. The lowest BCUT2D eigenvalue weighted by molar-refractivity contribution is 0.460. The van der Waals surface area contributed by atoms with Crippen molar-refractivity contribution >= 4 is 41.8 Å². The minimum atomic E-state index is -3.60. The average Bonchev–Trinajstić information content (AvgIpc) is 3.48. The van der Waals surface area contributed by atoms with Crippen molar-refractivity contribution in [2.45, 2.75) is 24.4 Å². The topological polar surface area (TPSA) is 178 Å². The summed E-state index contributed by atoms with van der Waals surface area (Å²) >= 11 is 0. The highest BCUT2D eigenvalue weighted by atomic mass is 31.2. The molecule has 378 valence electrons. The average molecular weight is 1040 g/mol. The Morgan fingerprint density at radius 3 is 1.22 bits per heavy atom. The molecule has 0 radical (unpaired) electrons. The molecule has 2 atom stereocenters. The Hall–Kier alpha value is -9.07. The zero-order valence-corrected chi connectivity index (χ0v) is 43.2. The minimum absolute atomic E-state index is 0.130. The van der Waals surface area contributed by atoms with Gasteiger partial charge in [0.1, 0.15) is 45.4 Å². The first-order valence-electron chi connectivity index (χ1n) is 24.2. The predicted octanol–water partition coefficient (Wildman–Crippen LogP) is 15.9. The molecule has 0 saturated heterocycles. The Bertz CT molecular complexity index is 3710. The maximum atomic E-state index is 15.1. The van der Waals surface area contributed by atoms with Crippen LogP contribution in [-0.4, -0.2) is 30.6 Å². The molecule has 2 unspecified atom stereocenters. The fraction of sp³-hybridized carbons (Fsp3) is 0.0625. The Kier molecular flexibility index (Phi) is 15.1. The second-order valence-corrected chi connectivity index (χ2v) is 22.1. The summed E-state index contributed by atoms with van der Waals surface area (Å²) in [5.74, 6) is 1.80. The van der Waals surface area contributed by atoms with Crippen molar-refractivity contribution in [3.63, 3.8) is 0 Å². The van der Waals surface area contributed by atoms with Gasteiger partial charge in [-0.1, -0.05) is 146 Å². The van der Waals surface area contributed by atoms with E-state index in [0.29, 0.717) is 22.4 Å². The van der Waals surface area contributed by atoms with Gasteiger partial charge >= 0.3 is 7.65 Å². The highest BCUT2D eigenvalue weighted by Crippen LogP contribution is 2.69. The van der Waals surface area contributed by atoms with Gasteiger partial charge in [-0.05, 0) is 155 Å². The van der Waals surface area contributed by atoms with Crippen LogP contribution in [0.2, 0.25) is 0 Å². The number of phenols is 6. The standard InChI is InChI=1S/C26H21O4P.C20H18O3.C12H8O2P.C6H6O/c1-26(18-10-14-20(27)15-11-18,19-12-16-21(28)17-13-19)31(29)25-9-5-3-7-23(25)22-6-2-4-8-24(22)30-31;1-20(14-2-8-17(21)9-3-14,15-4-10-18(22)11-5-15)16-6-12-19(23)13-7-16;13-15-12-8-4-2-6-10(12)9-5-1-3-7-11(9)14-15;7-6-4-2-1-3-5-6/h2-17,27-28H,1H3;2-13,21-23H,1H3;1-8H;1-5,7H/q;;+1;. The van der Waals surface area contributed by atoms with Crippen molar-refractivity contribution < 1.29 is 48.5 Å². The SMILES string of the molecule is CC(c1ccc(O)cc1)(c1ccc(O)cc1)P1(=O)Oc2ccccc2-c2ccccc21.CC(c1ccc(O)cc1)(c1ccc(O)cc1)c1ccc(O)cc1.O=[p+]1oc2ccccc2c2ccccc21.Oc1ccccc1. The van der Waals surface area contributed by atoms with E-state index in [2.05, 4.69) is 6.92 Å². The molecular formula is C64H53O10P2+. The highest BCUT2D eigenvalue weighted by Gasteiger charge is 2.53. The van der Waals surface area contributed by atoms with Gasteiger partial charge in [0.25, 0.3) is 7.37 Å². The number of hydrogen-bond acceptors (Lipinski definition) is 10. The summed E-state index contributed by atoms with van der Waals surface area (Å²) in [4.78, 5) is 0. The fourth-order valence-electron chi connectivity index (χ4n) is 9.41. The van der Waals surface area contributed by atoms with E-state index >= 15 is 4.57 Å². The van der Waals surface area contributed by atoms with E-state index in [0.717, 1.165) is 54.8 Å². The maximum Gasteiger partial charge on any atom is 0.597 e. The van der Waals surface area contributed by atoms with Crippen LogP contribution in [0.1, 0.15) is 41.7 Å². The monoisotopic (exact) mass is 1040 g/mol. The number of hydrogen-bond donors (Lipinski definition) is 6. The first kappa shape index (κ1) is 51.8. The van der Waals surface area contributed by atoms with Gasteiger partial charge in [0, 0.05) is 21.8 Å². The number of phenolic OH excluding ortho intramolecular Hbond substituents is 6. The van der Waals surface area contributed by atoms with E-state index < -0.39 is 25.6 Å². The summed E-state index contributed by atoms with van der Waals surface area (Å²) in [7, 11) is -5.34. The smallest absolute Gasteiger partial charge is 0.508 e. The van der Waals surface area contributed by atoms with E-state index in [1.165, 1.54) is 0 Å². The van der Waals surface area contributed by atoms with Gasteiger partial charge in [0.2, 0.25) is 5.12 Å². The van der Waals surface area contributed by atoms with Gasteiger partial charge < -0.3 is 35.2 Å². The first-order chi connectivity index (χ1) is 36.7. The molecule has 12 heteroatoms. The lowest BCUT2D eigenvalue weighted by atomic mass is 9.71. The molecule has 6 N–H and O–H groups in total. The summed E-state index contributed by atoms with van der Waals surface area (Å²) < 4.78 is 38.6. The Morgan fingerprint density at radius 1 is 0.382 bits per heavy atom. The number of para-hydroxylation sites is 3. The highest BCUT2D eigenvalue weighted by molar-refractivity contribution is 7.69. The van der Waals surface area contributed by atoms with E-state index in [-0.39, 0.29) is 28.7 Å². The lowest BCUT2D eigenvalue weighted by Crippen LogP contribution is -2.34. The zero-order chi connectivity index (χ0) is 53.5. The van der Waals surface area contributed by atoms with Crippen molar-refractivity contribution in [2.75, 3.05) is 0 Å². The molecule has 0 spiro atoms. The maximum absolute atomic E-state index is 15.1. The van der Waals surface area contributed by atoms with Crippen molar-refractivity contribution in [3.8, 4) is 51.4 Å². The molecule has 1 aromatic heterocycles. The Balaban J connectivity index is 0.000000137. The molecule has 10 nitrogen and oxygen atoms in total. The Morgan fingerprint density at radius 2 is 0.750 bits per heavy atom. The molecule has 1 aliphatic heterocycles. The zero-order valence-electron chi connectivity index (χ0n) is 41.4. The first-order valence-corrected chi connectivity index (χ1v) is 27.0. The Labute approximate surface area is 440 Å². The molecule has 10 aromatic carbocycles. The lowest BCUT2D eigenvalue weighted by Gasteiger charge is -2.41. The molecule has 12 rings (SSSR count). The second kappa shape index (κ2) is 22.2. The largest absolute Gasteiger partial charge is 0.597 e. The van der Waals surface area contributed by atoms with Crippen LogP contribution in [0.5, 0.6) is 40.2 Å². The third-order valence-corrected chi connectivity index (χ3v) is 17.9. The van der Waals surface area contributed by atoms with Crippen LogP contribution in [0, 0.1) is 0 Å². The van der Waals surface area contributed by atoms with Gasteiger partial charge in [0.15, 0.2) is 5.58 Å². The van der Waals surface area contributed by atoms with Crippen molar-refractivity contribution in [3.05, 3.63) is 277 Å². The van der Waals surface area contributed by atoms with Crippen molar-refractivity contribution in [1.82, 2.24) is 0 Å². The van der Waals surface area contributed by atoms with E-state index in [1.54, 1.807) is 109 Å². The molecule has 0 amide bonds. The van der Waals surface area contributed by atoms with Gasteiger partial charge in [-0.25, -0.2) is 4.20 Å². The fourth-order valence-corrected chi connectivity index (χ4v) is 13.4. The summed E-state index contributed by atoms with van der Waals surface area (Å²) in [6.45, 7) is 3.98. The molecule has 1 aliphatic rings.